The summed E-state index contributed by atoms with van der Waals surface area (Å²) in [5.41, 5.74) is -0.311. The molecule has 1 aromatic heterocycles. The van der Waals surface area contributed by atoms with E-state index in [4.69, 9.17) is 4.74 Å². The van der Waals surface area contributed by atoms with Crippen molar-refractivity contribution in [3.8, 4) is 0 Å². The van der Waals surface area contributed by atoms with E-state index in [-0.39, 0.29) is 24.7 Å². The molecule has 0 radical (unpaired) electrons. The van der Waals surface area contributed by atoms with Crippen LogP contribution in [-0.2, 0) is 10.9 Å². The maximum absolute atomic E-state index is 12.7. The number of hydrogen-bond acceptors (Lipinski definition) is 5. The Bertz CT molecular complexity index is 815. The van der Waals surface area contributed by atoms with E-state index in [9.17, 15) is 23.3 Å². The number of rotatable bonds is 3. The Labute approximate surface area is 154 Å². The lowest BCUT2D eigenvalue weighted by Crippen LogP contribution is -2.39. The van der Waals surface area contributed by atoms with Gasteiger partial charge in [-0.15, -0.1) is 0 Å². The average molecular weight is 432 g/mol. The number of aromatic nitrogens is 1. The molecule has 1 aliphatic rings. The molecule has 0 spiro atoms. The molecule has 1 saturated heterocycles. The minimum atomic E-state index is -4.40. The van der Waals surface area contributed by atoms with Gasteiger partial charge in [-0.2, -0.15) is 13.2 Å². The van der Waals surface area contributed by atoms with Crippen molar-refractivity contribution < 1.29 is 22.8 Å². The van der Waals surface area contributed by atoms with Gasteiger partial charge in [0, 0.05) is 23.3 Å². The molecule has 0 aliphatic carbocycles. The Balaban J connectivity index is 1.83. The molecule has 2 heterocycles. The van der Waals surface area contributed by atoms with Crippen LogP contribution in [0.4, 0.5) is 24.7 Å². The smallest absolute Gasteiger partial charge is 0.370 e. The summed E-state index contributed by atoms with van der Waals surface area (Å²) in [7, 11) is 0. The van der Waals surface area contributed by atoms with E-state index in [0.29, 0.717) is 16.6 Å². The molecule has 10 heteroatoms. The van der Waals surface area contributed by atoms with E-state index in [1.165, 1.54) is 24.4 Å². The zero-order valence-corrected chi connectivity index (χ0v) is 14.8. The molecule has 1 unspecified atom stereocenters. The Hall–Kier alpha value is -2.20. The SMILES string of the molecule is O=[N+]([O-])c1cc(Br)cnc1N1CCOC(c2ccc(C(F)(F)F)cc2)C1. The normalized spacial score (nSPS) is 18.0. The molecule has 0 N–H and O–H groups in total. The molecule has 0 amide bonds. The molecule has 1 fully saturated rings. The first-order chi connectivity index (χ1) is 12.3. The first-order valence-electron chi connectivity index (χ1n) is 7.59. The van der Waals surface area contributed by atoms with Gasteiger partial charge < -0.3 is 9.64 Å². The maximum atomic E-state index is 12.7. The average Bonchev–Trinajstić information content (AvgIpc) is 2.61. The standard InChI is InChI=1S/C16H13BrF3N3O3/c17-12-7-13(23(24)25)15(21-8-12)22-5-6-26-14(9-22)10-1-3-11(4-2-10)16(18,19)20/h1-4,7-8,14H,5-6,9H2. The van der Waals surface area contributed by atoms with Gasteiger partial charge in [0.25, 0.3) is 0 Å². The van der Waals surface area contributed by atoms with Crippen LogP contribution in [0.1, 0.15) is 17.2 Å². The number of nitro groups is 1. The van der Waals surface area contributed by atoms with Crippen molar-refractivity contribution >= 4 is 27.4 Å². The highest BCUT2D eigenvalue weighted by molar-refractivity contribution is 9.10. The van der Waals surface area contributed by atoms with Gasteiger partial charge in [-0.1, -0.05) is 12.1 Å². The quantitative estimate of drug-likeness (QED) is 0.533. The summed E-state index contributed by atoms with van der Waals surface area (Å²) in [6.45, 7) is 0.925. The number of anilines is 1. The lowest BCUT2D eigenvalue weighted by atomic mass is 10.1. The van der Waals surface area contributed by atoms with E-state index in [0.717, 1.165) is 12.1 Å². The number of benzene rings is 1. The van der Waals surface area contributed by atoms with Gasteiger partial charge in [0.1, 0.15) is 6.10 Å². The Kier molecular flexibility index (Phi) is 5.15. The Morgan fingerprint density at radius 3 is 2.62 bits per heavy atom. The summed E-state index contributed by atoms with van der Waals surface area (Å²) in [5, 5.41) is 11.3. The molecule has 0 bridgehead atoms. The van der Waals surface area contributed by atoms with Crippen LogP contribution in [0, 0.1) is 10.1 Å². The molecule has 138 valence electrons. The second kappa shape index (κ2) is 7.20. The van der Waals surface area contributed by atoms with Gasteiger partial charge in [-0.05, 0) is 33.6 Å². The van der Waals surface area contributed by atoms with E-state index < -0.39 is 22.8 Å². The van der Waals surface area contributed by atoms with Gasteiger partial charge in [-0.25, -0.2) is 4.98 Å². The molecule has 1 aliphatic heterocycles. The lowest BCUT2D eigenvalue weighted by molar-refractivity contribution is -0.384. The van der Waals surface area contributed by atoms with E-state index in [1.54, 1.807) is 4.90 Å². The van der Waals surface area contributed by atoms with Crippen molar-refractivity contribution in [2.45, 2.75) is 12.3 Å². The molecule has 6 nitrogen and oxygen atoms in total. The predicted molar refractivity (Wildman–Crippen MR) is 90.9 cm³/mol. The maximum Gasteiger partial charge on any atom is 0.416 e. The summed E-state index contributed by atoms with van der Waals surface area (Å²) in [4.78, 5) is 16.6. The lowest BCUT2D eigenvalue weighted by Gasteiger charge is -2.33. The van der Waals surface area contributed by atoms with Crippen LogP contribution >= 0.6 is 15.9 Å². The van der Waals surface area contributed by atoms with Gasteiger partial charge in [0.2, 0.25) is 5.82 Å². The van der Waals surface area contributed by atoms with Crippen LogP contribution in [0.5, 0.6) is 0 Å². The molecule has 0 saturated carbocycles. The number of ether oxygens (including phenoxy) is 1. The number of morpholine rings is 1. The highest BCUT2D eigenvalue weighted by Gasteiger charge is 2.32. The van der Waals surface area contributed by atoms with Gasteiger partial charge in [0.15, 0.2) is 0 Å². The first-order valence-corrected chi connectivity index (χ1v) is 8.38. The second-order valence-corrected chi connectivity index (χ2v) is 6.59. The third-order valence-electron chi connectivity index (χ3n) is 3.99. The fourth-order valence-electron chi connectivity index (χ4n) is 2.73. The number of alkyl halides is 3. The summed E-state index contributed by atoms with van der Waals surface area (Å²) in [6.07, 6.45) is -3.44. The van der Waals surface area contributed by atoms with E-state index in [2.05, 4.69) is 20.9 Å². The number of pyridine rings is 1. The minimum Gasteiger partial charge on any atom is -0.370 e. The fourth-order valence-corrected chi connectivity index (χ4v) is 3.05. The van der Waals surface area contributed by atoms with E-state index in [1.807, 2.05) is 0 Å². The van der Waals surface area contributed by atoms with Crippen LogP contribution in [0.2, 0.25) is 0 Å². The molecule has 1 aromatic carbocycles. The van der Waals surface area contributed by atoms with Crippen molar-refractivity contribution in [2.24, 2.45) is 0 Å². The van der Waals surface area contributed by atoms with Crippen LogP contribution in [0.25, 0.3) is 0 Å². The predicted octanol–water partition coefficient (Wildman–Crippen LogP) is 4.35. The zero-order valence-electron chi connectivity index (χ0n) is 13.2. The molecule has 26 heavy (non-hydrogen) atoms. The summed E-state index contributed by atoms with van der Waals surface area (Å²) >= 11 is 3.16. The summed E-state index contributed by atoms with van der Waals surface area (Å²) < 4.78 is 44.2. The molecule has 1 atom stereocenters. The number of nitrogens with zero attached hydrogens (tertiary/aromatic N) is 3. The second-order valence-electron chi connectivity index (χ2n) is 5.68. The third-order valence-corrected chi connectivity index (χ3v) is 4.42. The molecular formula is C16H13BrF3N3O3. The van der Waals surface area contributed by atoms with Crippen LogP contribution < -0.4 is 4.90 Å². The monoisotopic (exact) mass is 431 g/mol. The van der Waals surface area contributed by atoms with Crippen LogP contribution in [0.15, 0.2) is 41.0 Å². The Morgan fingerprint density at radius 2 is 2.00 bits per heavy atom. The first kappa shape index (κ1) is 18.6. The van der Waals surface area contributed by atoms with Crippen LogP contribution in [0.3, 0.4) is 0 Å². The van der Waals surface area contributed by atoms with Gasteiger partial charge in [0.05, 0.1) is 23.6 Å². The molecule has 2 aromatic rings. The highest BCUT2D eigenvalue weighted by atomic mass is 79.9. The van der Waals surface area contributed by atoms with Crippen molar-refractivity contribution in [1.82, 2.24) is 4.98 Å². The molecular weight excluding hydrogens is 419 g/mol. The highest BCUT2D eigenvalue weighted by Crippen LogP contribution is 2.34. The summed E-state index contributed by atoms with van der Waals surface area (Å²) in [5.74, 6) is 0.207. The summed E-state index contributed by atoms with van der Waals surface area (Å²) in [6, 6.07) is 6.09. The fraction of sp³-hybridized carbons (Fsp3) is 0.312. The van der Waals surface area contributed by atoms with Crippen molar-refractivity contribution in [1.29, 1.82) is 0 Å². The van der Waals surface area contributed by atoms with Gasteiger partial charge >= 0.3 is 11.9 Å². The van der Waals surface area contributed by atoms with Crippen LogP contribution in [-0.4, -0.2) is 29.6 Å². The number of halogens is 4. The van der Waals surface area contributed by atoms with E-state index >= 15 is 0 Å². The minimum absolute atomic E-state index is 0.146. The Morgan fingerprint density at radius 1 is 1.31 bits per heavy atom. The topological polar surface area (TPSA) is 68.5 Å². The zero-order chi connectivity index (χ0) is 18.9. The third kappa shape index (κ3) is 3.96. The number of hydrogen-bond donors (Lipinski definition) is 0. The largest absolute Gasteiger partial charge is 0.416 e. The van der Waals surface area contributed by atoms with Crippen molar-refractivity contribution in [2.75, 3.05) is 24.6 Å². The van der Waals surface area contributed by atoms with Gasteiger partial charge in [-0.3, -0.25) is 10.1 Å². The van der Waals surface area contributed by atoms with Crippen molar-refractivity contribution in [3.63, 3.8) is 0 Å². The molecule has 3 rings (SSSR count). The van der Waals surface area contributed by atoms with Crippen molar-refractivity contribution in [3.05, 3.63) is 62.2 Å².